The lowest BCUT2D eigenvalue weighted by atomic mass is 10.4. The molecular weight excluding hydrogens is 158 g/mol. The Labute approximate surface area is 71.2 Å². The van der Waals surface area contributed by atoms with Crippen molar-refractivity contribution in [3.05, 3.63) is 0 Å². The Balaban J connectivity index is 1.93. The fourth-order valence-corrected chi connectivity index (χ4v) is 1.54. The Bertz CT molecular complexity index is 179. The molecule has 0 unspecified atom stereocenters. The van der Waals surface area contributed by atoms with Crippen molar-refractivity contribution < 1.29 is 9.53 Å². The predicted octanol–water partition coefficient (Wildman–Crippen LogP) is -0.741. The molecule has 0 bridgehead atoms. The molecule has 2 heterocycles. The van der Waals surface area contributed by atoms with Gasteiger partial charge in [-0.3, -0.25) is 0 Å². The third-order valence-electron chi connectivity index (χ3n) is 2.17. The molecule has 0 atom stereocenters. The molecule has 2 aliphatic rings. The third kappa shape index (κ3) is 1.37. The van der Waals surface area contributed by atoms with E-state index in [2.05, 4.69) is 5.32 Å². The minimum Gasteiger partial charge on any atom is -0.447 e. The van der Waals surface area contributed by atoms with Crippen LogP contribution < -0.4 is 5.32 Å². The summed E-state index contributed by atoms with van der Waals surface area (Å²) in [5.74, 6) is 0. The number of nitrogens with one attached hydrogen (secondary N) is 1. The average molecular weight is 171 g/mol. The van der Waals surface area contributed by atoms with Crippen molar-refractivity contribution in [2.75, 3.05) is 39.3 Å². The maximum Gasteiger partial charge on any atom is 0.424 e. The number of cyclic esters (lactones) is 1. The van der Waals surface area contributed by atoms with E-state index >= 15 is 0 Å². The van der Waals surface area contributed by atoms with Crippen molar-refractivity contribution in [1.82, 2.24) is 15.3 Å². The predicted molar refractivity (Wildman–Crippen MR) is 42.5 cm³/mol. The van der Waals surface area contributed by atoms with E-state index in [4.69, 9.17) is 4.74 Å². The van der Waals surface area contributed by atoms with Gasteiger partial charge in [-0.05, 0) is 0 Å². The molecule has 2 fully saturated rings. The van der Waals surface area contributed by atoms with Crippen molar-refractivity contribution in [1.29, 1.82) is 0 Å². The number of amides is 1. The van der Waals surface area contributed by atoms with Gasteiger partial charge in [-0.1, -0.05) is 0 Å². The van der Waals surface area contributed by atoms with E-state index < -0.39 is 0 Å². The van der Waals surface area contributed by atoms with Gasteiger partial charge in [-0.25, -0.2) is 14.8 Å². The molecule has 2 aliphatic heterocycles. The molecule has 0 aromatic heterocycles. The van der Waals surface area contributed by atoms with Crippen LogP contribution in [-0.4, -0.2) is 55.4 Å². The molecule has 0 aromatic carbocycles. The Morgan fingerprint density at radius 2 is 2.00 bits per heavy atom. The second-order valence-electron chi connectivity index (χ2n) is 2.94. The second kappa shape index (κ2) is 3.28. The average Bonchev–Trinajstić information content (AvgIpc) is 2.53. The van der Waals surface area contributed by atoms with Crippen molar-refractivity contribution >= 4 is 6.09 Å². The number of rotatable bonds is 1. The summed E-state index contributed by atoms with van der Waals surface area (Å²) in [5.41, 5.74) is 0. The normalized spacial score (nSPS) is 26.0. The number of hydrogen-bond donors (Lipinski definition) is 1. The highest BCUT2D eigenvalue weighted by Gasteiger charge is 2.28. The summed E-state index contributed by atoms with van der Waals surface area (Å²) < 4.78 is 4.84. The molecule has 2 rings (SSSR count). The van der Waals surface area contributed by atoms with Gasteiger partial charge in [-0.15, -0.1) is 0 Å². The van der Waals surface area contributed by atoms with E-state index in [1.165, 1.54) is 0 Å². The maximum absolute atomic E-state index is 11.1. The topological polar surface area (TPSA) is 44.8 Å². The zero-order valence-electron chi connectivity index (χ0n) is 6.95. The van der Waals surface area contributed by atoms with Gasteiger partial charge < -0.3 is 10.1 Å². The van der Waals surface area contributed by atoms with Crippen LogP contribution in [0.15, 0.2) is 0 Å². The molecule has 0 aromatic rings. The first-order valence-corrected chi connectivity index (χ1v) is 4.28. The van der Waals surface area contributed by atoms with E-state index in [0.29, 0.717) is 13.2 Å². The summed E-state index contributed by atoms with van der Waals surface area (Å²) in [6.07, 6.45) is -0.197. The third-order valence-corrected chi connectivity index (χ3v) is 2.17. The zero-order chi connectivity index (χ0) is 8.39. The number of ether oxygens (including phenoxy) is 1. The van der Waals surface area contributed by atoms with E-state index in [9.17, 15) is 4.79 Å². The van der Waals surface area contributed by atoms with Crippen LogP contribution >= 0.6 is 0 Å². The molecule has 0 radical (unpaired) electrons. The van der Waals surface area contributed by atoms with Gasteiger partial charge in [0.2, 0.25) is 0 Å². The molecule has 5 nitrogen and oxygen atoms in total. The van der Waals surface area contributed by atoms with Gasteiger partial charge in [-0.2, -0.15) is 0 Å². The minimum atomic E-state index is -0.197. The van der Waals surface area contributed by atoms with Crippen LogP contribution in [0.2, 0.25) is 0 Å². The molecule has 68 valence electrons. The van der Waals surface area contributed by atoms with Crippen LogP contribution in [0, 0.1) is 0 Å². The first-order chi connectivity index (χ1) is 5.88. The first kappa shape index (κ1) is 7.82. The van der Waals surface area contributed by atoms with Crippen molar-refractivity contribution in [2.24, 2.45) is 0 Å². The maximum atomic E-state index is 11.1. The van der Waals surface area contributed by atoms with E-state index in [-0.39, 0.29) is 6.09 Å². The van der Waals surface area contributed by atoms with Crippen LogP contribution in [0.25, 0.3) is 0 Å². The highest BCUT2D eigenvalue weighted by atomic mass is 16.6. The number of hydrogen-bond acceptors (Lipinski definition) is 4. The SMILES string of the molecule is O=C1OCCN1N1CCNCC1. The lowest BCUT2D eigenvalue weighted by Crippen LogP contribution is -2.52. The summed E-state index contributed by atoms with van der Waals surface area (Å²) in [4.78, 5) is 11.1. The minimum absolute atomic E-state index is 0.197. The highest BCUT2D eigenvalue weighted by molar-refractivity contribution is 5.68. The van der Waals surface area contributed by atoms with Crippen molar-refractivity contribution in [2.45, 2.75) is 0 Å². The van der Waals surface area contributed by atoms with E-state index in [0.717, 1.165) is 26.2 Å². The fourth-order valence-electron chi connectivity index (χ4n) is 1.54. The lowest BCUT2D eigenvalue weighted by Gasteiger charge is -2.32. The van der Waals surface area contributed by atoms with Gasteiger partial charge in [0.1, 0.15) is 6.61 Å². The summed E-state index contributed by atoms with van der Waals surface area (Å²) >= 11 is 0. The van der Waals surface area contributed by atoms with E-state index in [1.807, 2.05) is 5.01 Å². The monoisotopic (exact) mass is 171 g/mol. The fraction of sp³-hybridized carbons (Fsp3) is 0.857. The Morgan fingerprint density at radius 3 is 2.58 bits per heavy atom. The molecule has 0 spiro atoms. The summed E-state index contributed by atoms with van der Waals surface area (Å²) in [7, 11) is 0. The Kier molecular flexibility index (Phi) is 2.14. The largest absolute Gasteiger partial charge is 0.447 e. The van der Waals surface area contributed by atoms with Gasteiger partial charge in [0.15, 0.2) is 0 Å². The molecular formula is C7H13N3O2. The smallest absolute Gasteiger partial charge is 0.424 e. The Morgan fingerprint density at radius 1 is 1.25 bits per heavy atom. The standard InChI is InChI=1S/C7H13N3O2/c11-7-10(5-6-12-7)9-3-1-8-2-4-9/h8H,1-6H2. The number of hydrazine groups is 1. The molecule has 1 N–H and O–H groups in total. The molecule has 5 heteroatoms. The summed E-state index contributed by atoms with van der Waals surface area (Å²) in [6, 6.07) is 0. The van der Waals surface area contributed by atoms with Crippen LogP contribution in [0.5, 0.6) is 0 Å². The van der Waals surface area contributed by atoms with Gasteiger partial charge in [0.05, 0.1) is 6.54 Å². The van der Waals surface area contributed by atoms with Crippen LogP contribution in [0.4, 0.5) is 4.79 Å². The highest BCUT2D eigenvalue weighted by Crippen LogP contribution is 2.08. The Hall–Kier alpha value is -0.810. The second-order valence-corrected chi connectivity index (χ2v) is 2.94. The molecule has 0 aliphatic carbocycles. The van der Waals surface area contributed by atoms with Crippen molar-refractivity contribution in [3.8, 4) is 0 Å². The summed E-state index contributed by atoms with van der Waals surface area (Å²) in [5, 5.41) is 6.98. The number of nitrogens with zero attached hydrogens (tertiary/aromatic N) is 2. The molecule has 1 amide bonds. The van der Waals surface area contributed by atoms with Gasteiger partial charge >= 0.3 is 6.09 Å². The van der Waals surface area contributed by atoms with Gasteiger partial charge in [0, 0.05) is 26.2 Å². The van der Waals surface area contributed by atoms with Crippen LogP contribution in [0.1, 0.15) is 0 Å². The summed E-state index contributed by atoms with van der Waals surface area (Å²) in [6.45, 7) is 4.93. The lowest BCUT2D eigenvalue weighted by molar-refractivity contribution is 0.0137. The molecule has 0 saturated carbocycles. The van der Waals surface area contributed by atoms with Crippen molar-refractivity contribution in [3.63, 3.8) is 0 Å². The van der Waals surface area contributed by atoms with E-state index in [1.54, 1.807) is 5.01 Å². The van der Waals surface area contributed by atoms with Crippen LogP contribution in [0.3, 0.4) is 0 Å². The number of piperazine rings is 1. The molecule has 2 saturated heterocycles. The van der Waals surface area contributed by atoms with Crippen LogP contribution in [-0.2, 0) is 4.74 Å². The zero-order valence-corrected chi connectivity index (χ0v) is 6.95. The first-order valence-electron chi connectivity index (χ1n) is 4.28. The quantitative estimate of drug-likeness (QED) is 0.564. The number of carbonyl (C=O) groups excluding carboxylic acids is 1. The number of carbonyl (C=O) groups is 1. The van der Waals surface area contributed by atoms with Gasteiger partial charge in [0.25, 0.3) is 0 Å². The molecule has 12 heavy (non-hydrogen) atoms.